The van der Waals surface area contributed by atoms with Gasteiger partial charge in [0, 0.05) is 36.2 Å². The largest absolute Gasteiger partial charge is 0.378 e. The van der Waals surface area contributed by atoms with Crippen LogP contribution in [-0.4, -0.2) is 36.7 Å². The molecule has 2 aliphatic rings. The van der Waals surface area contributed by atoms with E-state index in [0.29, 0.717) is 17.6 Å². The second-order valence-electron chi connectivity index (χ2n) is 6.25. The lowest BCUT2D eigenvalue weighted by Crippen LogP contribution is -2.68. The van der Waals surface area contributed by atoms with Crippen LogP contribution in [0.15, 0.2) is 11.2 Å². The van der Waals surface area contributed by atoms with Gasteiger partial charge in [-0.25, -0.2) is 4.98 Å². The minimum absolute atomic E-state index is 0. The summed E-state index contributed by atoms with van der Waals surface area (Å²) in [5.74, 6) is 0.874. The molecule has 2 atom stereocenters. The molecule has 130 valence electrons. The number of rotatable bonds is 5. The summed E-state index contributed by atoms with van der Waals surface area (Å²) in [6, 6.07) is 0.488. The molecule has 2 saturated carbocycles. The number of hydrogen-bond donors (Lipinski definition) is 2. The number of nitrogens with zero attached hydrogens (tertiary/aromatic N) is 2. The van der Waals surface area contributed by atoms with Crippen LogP contribution in [0, 0.1) is 12.3 Å². The highest BCUT2D eigenvalue weighted by molar-refractivity contribution is 14.0. The predicted octanol–water partition coefficient (Wildman–Crippen LogP) is 3.08. The van der Waals surface area contributed by atoms with Crippen LogP contribution in [0.5, 0.6) is 0 Å². The Morgan fingerprint density at radius 3 is 2.83 bits per heavy atom. The first-order chi connectivity index (χ1) is 10.7. The Hall–Kier alpha value is -0.410. The lowest BCUT2D eigenvalue weighted by Gasteiger charge is -2.61. The summed E-state index contributed by atoms with van der Waals surface area (Å²) >= 11 is 1.72. The number of aryl methyl sites for hydroxylation is 1. The van der Waals surface area contributed by atoms with Gasteiger partial charge in [0.15, 0.2) is 5.96 Å². The highest BCUT2D eigenvalue weighted by Gasteiger charge is 2.59. The van der Waals surface area contributed by atoms with Crippen LogP contribution in [0.25, 0.3) is 0 Å². The van der Waals surface area contributed by atoms with Crippen LogP contribution in [0.3, 0.4) is 0 Å². The zero-order valence-corrected chi connectivity index (χ0v) is 17.2. The third kappa shape index (κ3) is 3.82. The Morgan fingerprint density at radius 2 is 2.30 bits per heavy atom. The summed E-state index contributed by atoms with van der Waals surface area (Å²) in [6.45, 7) is 5.71. The molecule has 1 aromatic heterocycles. The molecule has 2 aliphatic carbocycles. The van der Waals surface area contributed by atoms with Gasteiger partial charge in [-0.1, -0.05) is 6.42 Å². The van der Waals surface area contributed by atoms with Crippen molar-refractivity contribution in [2.24, 2.45) is 10.4 Å². The molecule has 0 aromatic carbocycles. The lowest BCUT2D eigenvalue weighted by molar-refractivity contribution is -0.168. The number of ether oxygens (including phenoxy) is 1. The Labute approximate surface area is 159 Å². The van der Waals surface area contributed by atoms with Crippen LogP contribution < -0.4 is 10.6 Å². The van der Waals surface area contributed by atoms with E-state index in [1.54, 1.807) is 11.3 Å². The number of guanidine groups is 1. The molecular formula is C16H27IN4OS. The van der Waals surface area contributed by atoms with Crippen molar-refractivity contribution < 1.29 is 4.74 Å². The van der Waals surface area contributed by atoms with Gasteiger partial charge in [0.2, 0.25) is 0 Å². The maximum Gasteiger partial charge on any atom is 0.191 e. The maximum absolute atomic E-state index is 5.90. The molecule has 5 nitrogen and oxygen atoms in total. The summed E-state index contributed by atoms with van der Waals surface area (Å²) < 4.78 is 5.90. The fourth-order valence-corrected chi connectivity index (χ4v) is 4.37. The first kappa shape index (κ1) is 18.9. The number of aromatic nitrogens is 1. The summed E-state index contributed by atoms with van der Waals surface area (Å²) in [5.41, 5.74) is 0.353. The van der Waals surface area contributed by atoms with E-state index in [1.807, 2.05) is 13.2 Å². The summed E-state index contributed by atoms with van der Waals surface area (Å²) in [4.78, 5) is 9.98. The van der Waals surface area contributed by atoms with E-state index in [1.165, 1.54) is 24.1 Å². The molecule has 0 amide bonds. The third-order valence-corrected chi connectivity index (χ3v) is 5.96. The quantitative estimate of drug-likeness (QED) is 0.411. The molecular weight excluding hydrogens is 423 g/mol. The van der Waals surface area contributed by atoms with Crippen molar-refractivity contribution in [2.75, 3.05) is 13.7 Å². The molecule has 2 fully saturated rings. The summed E-state index contributed by atoms with van der Waals surface area (Å²) in [6.07, 6.45) is 7.32. The van der Waals surface area contributed by atoms with Crippen molar-refractivity contribution in [3.05, 3.63) is 16.1 Å². The first-order valence-corrected chi connectivity index (χ1v) is 8.99. The standard InChI is InChI=1S/C16H26N4OS.HI/c1-4-21-13-8-12(16(13)6-5-7-16)20-15(17-3)19-10-14-18-9-11(2)22-14;/h9,12-13H,4-8,10H2,1-3H3,(H2,17,19,20);1H. The van der Waals surface area contributed by atoms with Gasteiger partial charge >= 0.3 is 0 Å². The number of thiazole rings is 1. The molecule has 0 saturated heterocycles. The molecule has 7 heteroatoms. The summed E-state index contributed by atoms with van der Waals surface area (Å²) in [7, 11) is 1.83. The molecule has 3 rings (SSSR count). The minimum Gasteiger partial charge on any atom is -0.378 e. The Bertz CT molecular complexity index is 544. The topological polar surface area (TPSA) is 58.5 Å². The Kier molecular flexibility index (Phi) is 6.67. The molecule has 1 heterocycles. The average Bonchev–Trinajstić information content (AvgIpc) is 2.85. The fourth-order valence-electron chi connectivity index (χ4n) is 3.64. The molecule has 1 aromatic rings. The zero-order chi connectivity index (χ0) is 15.6. The van der Waals surface area contributed by atoms with Gasteiger partial charge in [0.1, 0.15) is 5.01 Å². The van der Waals surface area contributed by atoms with Crippen molar-refractivity contribution >= 4 is 41.3 Å². The molecule has 2 unspecified atom stereocenters. The Balaban J connectivity index is 0.00000192. The van der Waals surface area contributed by atoms with Gasteiger partial charge in [0.05, 0.1) is 12.6 Å². The first-order valence-electron chi connectivity index (χ1n) is 8.18. The van der Waals surface area contributed by atoms with Crippen LogP contribution in [0.1, 0.15) is 42.5 Å². The Morgan fingerprint density at radius 1 is 1.52 bits per heavy atom. The van der Waals surface area contributed by atoms with E-state index >= 15 is 0 Å². The van der Waals surface area contributed by atoms with Gasteiger partial charge < -0.3 is 15.4 Å². The summed E-state index contributed by atoms with van der Waals surface area (Å²) in [5, 5.41) is 8.07. The maximum atomic E-state index is 5.90. The van der Waals surface area contributed by atoms with Crippen molar-refractivity contribution in [3.63, 3.8) is 0 Å². The monoisotopic (exact) mass is 450 g/mol. The van der Waals surface area contributed by atoms with Gasteiger partial charge in [-0.2, -0.15) is 0 Å². The SMILES string of the molecule is CCOC1CC(NC(=NC)NCc2ncc(C)s2)C12CCC2.I. The van der Waals surface area contributed by atoms with Crippen molar-refractivity contribution in [2.45, 2.75) is 58.2 Å². The molecule has 0 bridgehead atoms. The minimum atomic E-state index is 0. The third-order valence-electron chi connectivity index (χ3n) is 5.05. The second kappa shape index (κ2) is 8.11. The number of halogens is 1. The normalized spacial score (nSPS) is 25.3. The molecule has 0 radical (unpaired) electrons. The smallest absolute Gasteiger partial charge is 0.191 e. The van der Waals surface area contributed by atoms with Gasteiger partial charge in [-0.3, -0.25) is 4.99 Å². The molecule has 2 N–H and O–H groups in total. The van der Waals surface area contributed by atoms with E-state index in [9.17, 15) is 0 Å². The zero-order valence-electron chi connectivity index (χ0n) is 14.1. The molecule has 23 heavy (non-hydrogen) atoms. The number of hydrogen-bond acceptors (Lipinski definition) is 4. The lowest BCUT2D eigenvalue weighted by atomic mass is 9.51. The van der Waals surface area contributed by atoms with Gasteiger partial charge in [-0.15, -0.1) is 35.3 Å². The van der Waals surface area contributed by atoms with E-state index in [2.05, 4.69) is 34.5 Å². The van der Waals surface area contributed by atoms with Gasteiger partial charge in [0.25, 0.3) is 0 Å². The predicted molar refractivity (Wildman–Crippen MR) is 106 cm³/mol. The highest BCUT2D eigenvalue weighted by Crippen LogP contribution is 2.57. The van der Waals surface area contributed by atoms with Crippen LogP contribution in [0.4, 0.5) is 0 Å². The fraction of sp³-hybridized carbons (Fsp3) is 0.750. The average molecular weight is 450 g/mol. The van der Waals surface area contributed by atoms with E-state index < -0.39 is 0 Å². The highest BCUT2D eigenvalue weighted by atomic mass is 127. The van der Waals surface area contributed by atoms with E-state index in [0.717, 1.165) is 30.5 Å². The number of aliphatic imine (C=N–C) groups is 1. The van der Waals surface area contributed by atoms with E-state index in [-0.39, 0.29) is 24.0 Å². The van der Waals surface area contributed by atoms with E-state index in [4.69, 9.17) is 4.74 Å². The van der Waals surface area contributed by atoms with Gasteiger partial charge in [-0.05, 0) is 33.1 Å². The molecule has 0 aliphatic heterocycles. The second-order valence-corrected chi connectivity index (χ2v) is 7.57. The molecule has 1 spiro atoms. The van der Waals surface area contributed by atoms with Crippen LogP contribution in [0.2, 0.25) is 0 Å². The van der Waals surface area contributed by atoms with Crippen molar-refractivity contribution in [1.82, 2.24) is 15.6 Å². The van der Waals surface area contributed by atoms with Crippen LogP contribution in [-0.2, 0) is 11.3 Å². The number of nitrogens with one attached hydrogen (secondary N) is 2. The van der Waals surface area contributed by atoms with Crippen molar-refractivity contribution in [3.8, 4) is 0 Å². The van der Waals surface area contributed by atoms with Crippen LogP contribution >= 0.6 is 35.3 Å². The van der Waals surface area contributed by atoms with Crippen molar-refractivity contribution in [1.29, 1.82) is 0 Å².